The smallest absolute Gasteiger partial charge is 0.340 e. The van der Waals surface area contributed by atoms with E-state index in [0.29, 0.717) is 21.7 Å². The van der Waals surface area contributed by atoms with Gasteiger partial charge in [-0.2, -0.15) is 4.37 Å². The number of carboxylic acid groups (broad SMARTS) is 1. The maximum atomic E-state index is 11.0. The summed E-state index contributed by atoms with van der Waals surface area (Å²) in [5.74, 6) is -0.896. The van der Waals surface area contributed by atoms with Gasteiger partial charge in [0.15, 0.2) is 0 Å². The Hall–Kier alpha value is -1.10. The van der Waals surface area contributed by atoms with E-state index < -0.39 is 5.97 Å². The van der Waals surface area contributed by atoms with E-state index >= 15 is 0 Å². The second-order valence-electron chi connectivity index (χ2n) is 4.80. The van der Waals surface area contributed by atoms with Gasteiger partial charge in [-0.05, 0) is 36.7 Å². The zero-order chi connectivity index (χ0) is 11.8. The molecule has 1 aromatic heterocycles. The molecule has 1 aliphatic carbocycles. The molecule has 0 radical (unpaired) electrons. The second-order valence-corrected chi connectivity index (χ2v) is 5.57. The largest absolute Gasteiger partial charge is 0.478 e. The number of carboxylic acids is 1. The Balaban J connectivity index is 2.06. The number of carbonyl (C=O) groups is 1. The molecule has 0 spiro atoms. The van der Waals surface area contributed by atoms with Gasteiger partial charge in [-0.3, -0.25) is 0 Å². The summed E-state index contributed by atoms with van der Waals surface area (Å²) in [7, 11) is 0. The third kappa shape index (κ3) is 2.04. The van der Waals surface area contributed by atoms with Gasteiger partial charge in [0.25, 0.3) is 0 Å². The van der Waals surface area contributed by atoms with Crippen molar-refractivity contribution in [3.63, 3.8) is 0 Å². The zero-order valence-electron chi connectivity index (χ0n) is 9.54. The lowest BCUT2D eigenvalue weighted by molar-refractivity contribution is 0.0697. The molecule has 5 heteroatoms. The highest BCUT2D eigenvalue weighted by molar-refractivity contribution is 7.10. The molecular weight excluding hydrogens is 224 g/mol. The molecule has 2 N–H and O–H groups in total. The number of nitrogens with one attached hydrogen (secondary N) is 1. The number of aromatic carboxylic acids is 1. The normalized spacial score (nSPS) is 17.9. The summed E-state index contributed by atoms with van der Waals surface area (Å²) in [5, 5.41) is 13.0. The molecular formula is C11H16N2O2S. The first-order valence-electron chi connectivity index (χ1n) is 5.45. The zero-order valence-corrected chi connectivity index (χ0v) is 10.4. The van der Waals surface area contributed by atoms with E-state index in [9.17, 15) is 4.79 Å². The van der Waals surface area contributed by atoms with Crippen molar-refractivity contribution in [2.45, 2.75) is 33.1 Å². The van der Waals surface area contributed by atoms with Crippen LogP contribution < -0.4 is 5.32 Å². The molecule has 16 heavy (non-hydrogen) atoms. The van der Waals surface area contributed by atoms with Gasteiger partial charge in [0.2, 0.25) is 0 Å². The van der Waals surface area contributed by atoms with Crippen LogP contribution in [0.15, 0.2) is 0 Å². The number of hydrogen-bond donors (Lipinski definition) is 2. The highest BCUT2D eigenvalue weighted by atomic mass is 32.1. The molecule has 2 rings (SSSR count). The van der Waals surface area contributed by atoms with Gasteiger partial charge in [-0.25, -0.2) is 4.79 Å². The van der Waals surface area contributed by atoms with E-state index in [4.69, 9.17) is 5.11 Å². The molecule has 0 atom stereocenters. The van der Waals surface area contributed by atoms with Crippen LogP contribution in [-0.2, 0) is 0 Å². The number of anilines is 1. The van der Waals surface area contributed by atoms with Crippen LogP contribution in [0, 0.1) is 12.3 Å². The van der Waals surface area contributed by atoms with Crippen LogP contribution in [-0.4, -0.2) is 22.0 Å². The van der Waals surface area contributed by atoms with E-state index in [0.717, 1.165) is 6.54 Å². The average molecular weight is 240 g/mol. The molecule has 0 aromatic carbocycles. The third-order valence-corrected chi connectivity index (χ3v) is 4.21. The maximum Gasteiger partial charge on any atom is 0.340 e. The summed E-state index contributed by atoms with van der Waals surface area (Å²) < 4.78 is 4.08. The quantitative estimate of drug-likeness (QED) is 0.849. The Morgan fingerprint density at radius 3 is 2.81 bits per heavy atom. The summed E-state index contributed by atoms with van der Waals surface area (Å²) in [6.07, 6.45) is 3.73. The molecule has 1 aromatic rings. The molecule has 1 heterocycles. The molecule has 0 bridgehead atoms. The van der Waals surface area contributed by atoms with Crippen molar-refractivity contribution in [2.75, 3.05) is 11.9 Å². The van der Waals surface area contributed by atoms with E-state index in [2.05, 4.69) is 16.6 Å². The highest BCUT2D eigenvalue weighted by Crippen LogP contribution is 2.40. The number of rotatable bonds is 4. The van der Waals surface area contributed by atoms with Crippen LogP contribution in [0.25, 0.3) is 0 Å². The van der Waals surface area contributed by atoms with E-state index in [1.165, 1.54) is 30.8 Å². The Morgan fingerprint density at radius 1 is 1.62 bits per heavy atom. The van der Waals surface area contributed by atoms with Crippen LogP contribution in [0.5, 0.6) is 0 Å². The lowest BCUT2D eigenvalue weighted by atomic mass is 9.70. The predicted molar refractivity (Wildman–Crippen MR) is 64.3 cm³/mol. The maximum absolute atomic E-state index is 11.0. The minimum atomic E-state index is -0.896. The fraction of sp³-hybridized carbons (Fsp3) is 0.636. The standard InChI is InChI=1S/C11H16N2O2S/c1-7-8(10(14)15)9(16-13-7)12-6-11(2)4-3-5-11/h12H,3-6H2,1-2H3,(H,14,15). The molecule has 0 unspecified atom stereocenters. The molecule has 0 aliphatic heterocycles. The first kappa shape index (κ1) is 11.4. The van der Waals surface area contributed by atoms with Crippen molar-refractivity contribution in [1.29, 1.82) is 0 Å². The fourth-order valence-corrected chi connectivity index (χ4v) is 2.78. The molecule has 1 saturated carbocycles. The minimum absolute atomic E-state index is 0.327. The summed E-state index contributed by atoms with van der Waals surface area (Å²) in [5.41, 5.74) is 1.26. The number of aryl methyl sites for hydroxylation is 1. The molecule has 1 aliphatic rings. The van der Waals surface area contributed by atoms with Crippen LogP contribution in [0.3, 0.4) is 0 Å². The van der Waals surface area contributed by atoms with E-state index in [1.54, 1.807) is 6.92 Å². The molecule has 0 saturated heterocycles. The summed E-state index contributed by atoms with van der Waals surface area (Å²) in [6.45, 7) is 4.81. The lowest BCUT2D eigenvalue weighted by Crippen LogP contribution is -2.33. The Labute approximate surface area is 98.9 Å². The van der Waals surface area contributed by atoms with Gasteiger partial charge in [0.1, 0.15) is 10.6 Å². The Kier molecular flexibility index (Phi) is 2.88. The van der Waals surface area contributed by atoms with Crippen molar-refractivity contribution in [2.24, 2.45) is 5.41 Å². The van der Waals surface area contributed by atoms with Crippen molar-refractivity contribution in [3.05, 3.63) is 11.3 Å². The van der Waals surface area contributed by atoms with Gasteiger partial charge in [-0.1, -0.05) is 13.3 Å². The molecule has 4 nitrogen and oxygen atoms in total. The monoisotopic (exact) mass is 240 g/mol. The van der Waals surface area contributed by atoms with Crippen LogP contribution >= 0.6 is 11.5 Å². The summed E-state index contributed by atoms with van der Waals surface area (Å²) in [4.78, 5) is 11.0. The molecule has 0 amide bonds. The summed E-state index contributed by atoms with van der Waals surface area (Å²) in [6, 6.07) is 0. The van der Waals surface area contributed by atoms with E-state index in [-0.39, 0.29) is 0 Å². The Morgan fingerprint density at radius 2 is 2.31 bits per heavy atom. The third-order valence-electron chi connectivity index (χ3n) is 3.31. The first-order chi connectivity index (χ1) is 7.52. The second kappa shape index (κ2) is 4.05. The van der Waals surface area contributed by atoms with Gasteiger partial charge >= 0.3 is 5.97 Å². The average Bonchev–Trinajstić information content (AvgIpc) is 2.53. The van der Waals surface area contributed by atoms with Crippen LogP contribution in [0.4, 0.5) is 5.00 Å². The number of hydrogen-bond acceptors (Lipinski definition) is 4. The predicted octanol–water partition coefficient (Wildman–Crippen LogP) is 2.75. The highest BCUT2D eigenvalue weighted by Gasteiger charge is 2.32. The SMILES string of the molecule is Cc1nsc(NCC2(C)CCC2)c1C(=O)O. The summed E-state index contributed by atoms with van der Waals surface area (Å²) >= 11 is 1.24. The van der Waals surface area contributed by atoms with Gasteiger partial charge < -0.3 is 10.4 Å². The van der Waals surface area contributed by atoms with Crippen molar-refractivity contribution in [3.8, 4) is 0 Å². The first-order valence-corrected chi connectivity index (χ1v) is 6.23. The van der Waals surface area contributed by atoms with Gasteiger partial charge in [-0.15, -0.1) is 0 Å². The van der Waals surface area contributed by atoms with Crippen molar-refractivity contribution < 1.29 is 9.90 Å². The number of aromatic nitrogens is 1. The lowest BCUT2D eigenvalue weighted by Gasteiger charge is -2.38. The topological polar surface area (TPSA) is 62.2 Å². The van der Waals surface area contributed by atoms with Crippen LogP contribution in [0.1, 0.15) is 42.2 Å². The number of nitrogens with zero attached hydrogens (tertiary/aromatic N) is 1. The fourth-order valence-electron chi connectivity index (χ4n) is 1.99. The van der Waals surface area contributed by atoms with Crippen molar-refractivity contribution in [1.82, 2.24) is 4.37 Å². The molecule has 88 valence electrons. The van der Waals surface area contributed by atoms with Gasteiger partial charge in [0, 0.05) is 6.54 Å². The Bertz CT molecular complexity index is 410. The van der Waals surface area contributed by atoms with E-state index in [1.807, 2.05) is 0 Å². The van der Waals surface area contributed by atoms with Crippen molar-refractivity contribution >= 4 is 22.5 Å². The molecule has 1 fully saturated rings. The van der Waals surface area contributed by atoms with Crippen LogP contribution in [0.2, 0.25) is 0 Å². The van der Waals surface area contributed by atoms with Gasteiger partial charge in [0.05, 0.1) is 5.69 Å². The minimum Gasteiger partial charge on any atom is -0.478 e.